The molecule has 1 aromatic heterocycles. The minimum atomic E-state index is -5.35. The number of ether oxygens (including phenoxy) is 2. The molecule has 1 saturated heterocycles. The standard InChI is InChI=1S/C13H15F2N3O5S/c1-3-4-22-7-10-9(17-24(14,15)21)5-11(23-10)18-6-8(2)12(19)16-13(18)20/h1,6,9-11H,4-5,7H2,2H3,(H,16,19,20)/t9?,10-,11-/m1/s1. The van der Waals surface area contributed by atoms with E-state index in [1.165, 1.54) is 13.1 Å². The van der Waals surface area contributed by atoms with E-state index in [1.807, 2.05) is 0 Å². The summed E-state index contributed by atoms with van der Waals surface area (Å²) in [6.07, 6.45) is 4.26. The van der Waals surface area contributed by atoms with Crippen LogP contribution in [0.3, 0.4) is 0 Å². The van der Waals surface area contributed by atoms with Gasteiger partial charge in [-0.3, -0.25) is 14.3 Å². The van der Waals surface area contributed by atoms with E-state index in [9.17, 15) is 21.6 Å². The Morgan fingerprint density at radius 2 is 2.29 bits per heavy atom. The lowest BCUT2D eigenvalue weighted by molar-refractivity contribution is -0.0404. The Morgan fingerprint density at radius 3 is 2.92 bits per heavy atom. The van der Waals surface area contributed by atoms with Gasteiger partial charge in [-0.05, 0) is 6.92 Å². The van der Waals surface area contributed by atoms with Crippen LogP contribution in [0.5, 0.6) is 0 Å². The van der Waals surface area contributed by atoms with E-state index in [0.29, 0.717) is 0 Å². The lowest BCUT2D eigenvalue weighted by atomic mass is 10.1. The van der Waals surface area contributed by atoms with Crippen molar-refractivity contribution in [2.75, 3.05) is 13.2 Å². The second-order valence-electron chi connectivity index (χ2n) is 5.13. The minimum absolute atomic E-state index is 0.0599. The summed E-state index contributed by atoms with van der Waals surface area (Å²) in [5.74, 6) is 2.21. The number of rotatable bonds is 5. The van der Waals surface area contributed by atoms with Crippen molar-refractivity contribution in [2.24, 2.45) is 4.36 Å². The van der Waals surface area contributed by atoms with Crippen LogP contribution in [0.2, 0.25) is 0 Å². The Labute approximate surface area is 136 Å². The molecular formula is C13H15F2N3O5S. The topological polar surface area (TPSA) is 103 Å². The van der Waals surface area contributed by atoms with Gasteiger partial charge in [-0.15, -0.1) is 6.42 Å². The molecular weight excluding hydrogens is 348 g/mol. The van der Waals surface area contributed by atoms with Crippen molar-refractivity contribution in [3.8, 4) is 12.3 Å². The highest BCUT2D eigenvalue weighted by molar-refractivity contribution is 7.83. The Kier molecular flexibility index (Phi) is 5.53. The molecule has 0 aromatic carbocycles. The molecule has 24 heavy (non-hydrogen) atoms. The first kappa shape index (κ1) is 18.3. The van der Waals surface area contributed by atoms with Crippen LogP contribution >= 0.6 is 0 Å². The fourth-order valence-corrected chi connectivity index (χ4v) is 2.88. The molecule has 3 atom stereocenters. The van der Waals surface area contributed by atoms with Gasteiger partial charge >= 0.3 is 16.2 Å². The SMILES string of the molecule is C#CCOC[C@H]1O[C@@H](n2cc(C)c(=O)[nH]c2=O)CC1N=S(=O)(F)F. The molecule has 0 saturated carbocycles. The monoisotopic (exact) mass is 363 g/mol. The third kappa shape index (κ3) is 4.50. The van der Waals surface area contributed by atoms with Crippen LogP contribution in [0.1, 0.15) is 18.2 Å². The summed E-state index contributed by atoms with van der Waals surface area (Å²) in [7, 11) is -5.35. The molecule has 1 unspecified atom stereocenters. The number of hydrogen-bond acceptors (Lipinski definition) is 6. The molecule has 1 N–H and O–H groups in total. The summed E-state index contributed by atoms with van der Waals surface area (Å²) in [4.78, 5) is 25.4. The molecule has 1 aliphatic heterocycles. The van der Waals surface area contributed by atoms with Gasteiger partial charge < -0.3 is 9.47 Å². The number of aromatic nitrogens is 2. The Balaban J connectivity index is 2.30. The van der Waals surface area contributed by atoms with Crippen LogP contribution in [0.15, 0.2) is 20.1 Å². The highest BCUT2D eigenvalue weighted by Crippen LogP contribution is 2.31. The predicted octanol–water partition coefficient (Wildman–Crippen LogP) is 0.388. The zero-order chi connectivity index (χ0) is 17.9. The van der Waals surface area contributed by atoms with E-state index >= 15 is 0 Å². The number of aromatic amines is 1. The van der Waals surface area contributed by atoms with Crippen LogP contribution in [-0.2, 0) is 20.0 Å². The fourth-order valence-electron chi connectivity index (χ4n) is 2.34. The number of nitrogens with zero attached hydrogens (tertiary/aromatic N) is 2. The number of H-pyrrole nitrogens is 1. The second-order valence-corrected chi connectivity index (χ2v) is 6.14. The Hall–Kier alpha value is -2.03. The summed E-state index contributed by atoms with van der Waals surface area (Å²) in [5.41, 5.74) is -1.06. The van der Waals surface area contributed by atoms with Crippen LogP contribution in [0.25, 0.3) is 0 Å². The molecule has 8 nitrogen and oxygen atoms in total. The van der Waals surface area contributed by atoms with Gasteiger partial charge in [0.2, 0.25) is 0 Å². The van der Waals surface area contributed by atoms with Gasteiger partial charge in [0.25, 0.3) is 5.56 Å². The molecule has 132 valence electrons. The molecule has 0 spiro atoms. The normalized spacial score (nSPS) is 23.8. The largest absolute Gasteiger partial charge is 0.367 e. The predicted molar refractivity (Wildman–Crippen MR) is 80.8 cm³/mol. The summed E-state index contributed by atoms with van der Waals surface area (Å²) >= 11 is 0. The maximum absolute atomic E-state index is 12.8. The van der Waals surface area contributed by atoms with Gasteiger partial charge in [0.1, 0.15) is 18.9 Å². The molecule has 2 rings (SSSR count). The van der Waals surface area contributed by atoms with Crippen molar-refractivity contribution < 1.29 is 21.5 Å². The molecule has 0 bridgehead atoms. The summed E-state index contributed by atoms with van der Waals surface area (Å²) < 4.78 is 50.9. The molecule has 0 radical (unpaired) electrons. The molecule has 2 heterocycles. The van der Waals surface area contributed by atoms with Gasteiger partial charge in [0.15, 0.2) is 0 Å². The fraction of sp³-hybridized carbons (Fsp3) is 0.538. The Morgan fingerprint density at radius 1 is 1.58 bits per heavy atom. The molecule has 1 aliphatic rings. The smallest absolute Gasteiger partial charge is 0.366 e. The van der Waals surface area contributed by atoms with E-state index in [4.69, 9.17) is 15.9 Å². The van der Waals surface area contributed by atoms with Crippen LogP contribution < -0.4 is 11.2 Å². The maximum atomic E-state index is 12.8. The quantitative estimate of drug-likeness (QED) is 0.463. The highest BCUT2D eigenvalue weighted by atomic mass is 32.3. The zero-order valence-corrected chi connectivity index (χ0v) is 13.4. The first-order valence-electron chi connectivity index (χ1n) is 6.85. The summed E-state index contributed by atoms with van der Waals surface area (Å²) in [5, 5.41) is 0. The minimum Gasteiger partial charge on any atom is -0.366 e. The average Bonchev–Trinajstić information content (AvgIpc) is 2.84. The van der Waals surface area contributed by atoms with E-state index in [-0.39, 0.29) is 25.2 Å². The Bertz CT molecular complexity index is 873. The summed E-state index contributed by atoms with van der Waals surface area (Å²) in [6, 6.07) is -1.14. The van der Waals surface area contributed by atoms with Gasteiger partial charge in [-0.25, -0.2) is 4.79 Å². The van der Waals surface area contributed by atoms with Gasteiger partial charge in [0, 0.05) is 18.2 Å². The number of hydrogen-bond donors (Lipinski definition) is 1. The molecule has 1 aromatic rings. The van der Waals surface area contributed by atoms with Crippen molar-refractivity contribution in [3.05, 3.63) is 32.6 Å². The third-order valence-corrected chi connectivity index (χ3v) is 3.90. The average molecular weight is 363 g/mol. The van der Waals surface area contributed by atoms with Crippen molar-refractivity contribution in [3.63, 3.8) is 0 Å². The van der Waals surface area contributed by atoms with Crippen LogP contribution in [0, 0.1) is 19.3 Å². The molecule has 11 heteroatoms. The number of terminal acetylenes is 1. The summed E-state index contributed by atoms with van der Waals surface area (Å²) in [6.45, 7) is 1.27. The van der Waals surface area contributed by atoms with E-state index < -0.39 is 40.1 Å². The maximum Gasteiger partial charge on any atom is 0.367 e. The van der Waals surface area contributed by atoms with Crippen molar-refractivity contribution >= 4 is 10.5 Å². The van der Waals surface area contributed by atoms with E-state index in [1.54, 1.807) is 0 Å². The molecule has 0 aliphatic carbocycles. The van der Waals surface area contributed by atoms with E-state index in [2.05, 4.69) is 15.3 Å². The number of halogens is 2. The zero-order valence-electron chi connectivity index (χ0n) is 12.6. The first-order chi connectivity index (χ1) is 11.2. The van der Waals surface area contributed by atoms with Crippen LogP contribution in [0.4, 0.5) is 7.77 Å². The van der Waals surface area contributed by atoms with Gasteiger partial charge in [0.05, 0.1) is 12.6 Å². The number of nitrogens with one attached hydrogen (secondary N) is 1. The molecule has 0 amide bonds. The lowest BCUT2D eigenvalue weighted by Crippen LogP contribution is -2.33. The van der Waals surface area contributed by atoms with Gasteiger partial charge in [-0.2, -0.15) is 8.57 Å². The lowest BCUT2D eigenvalue weighted by Gasteiger charge is -2.16. The molecule has 1 fully saturated rings. The second kappa shape index (κ2) is 7.25. The first-order valence-corrected chi connectivity index (χ1v) is 8.17. The van der Waals surface area contributed by atoms with Crippen molar-refractivity contribution in [1.82, 2.24) is 9.55 Å². The number of aryl methyl sites for hydroxylation is 1. The van der Waals surface area contributed by atoms with Crippen molar-refractivity contribution in [2.45, 2.75) is 31.7 Å². The third-order valence-electron chi connectivity index (χ3n) is 3.39. The van der Waals surface area contributed by atoms with Crippen molar-refractivity contribution in [1.29, 1.82) is 0 Å². The van der Waals surface area contributed by atoms with Crippen LogP contribution in [-0.4, -0.2) is 39.1 Å². The van der Waals surface area contributed by atoms with Gasteiger partial charge in [-0.1, -0.05) is 13.7 Å². The highest BCUT2D eigenvalue weighted by Gasteiger charge is 2.38. The van der Waals surface area contributed by atoms with E-state index in [0.717, 1.165) is 4.57 Å².